The molecule has 0 unspecified atom stereocenters. The fourth-order valence-electron chi connectivity index (χ4n) is 1.95. The summed E-state index contributed by atoms with van der Waals surface area (Å²) in [5, 5.41) is 19.2. The Morgan fingerprint density at radius 1 is 1.05 bits per heavy atom. The van der Waals surface area contributed by atoms with E-state index in [1.807, 2.05) is 6.07 Å². The molecule has 0 atom stereocenters. The number of ether oxygens (including phenoxy) is 2. The Morgan fingerprint density at radius 2 is 1.70 bits per heavy atom. The summed E-state index contributed by atoms with van der Waals surface area (Å²) in [7, 11) is 0. The van der Waals surface area contributed by atoms with E-state index >= 15 is 0 Å². The smallest absolute Gasteiger partial charge is 0.160 e. The third-order valence-corrected chi connectivity index (χ3v) is 3.00. The number of phenols is 2. The number of phenolic OH excluding ortho intramolecular Hbond substituents is 2. The topological polar surface area (TPSA) is 58.9 Å². The molecule has 0 aliphatic rings. The van der Waals surface area contributed by atoms with Gasteiger partial charge in [0.05, 0.1) is 0 Å². The van der Waals surface area contributed by atoms with Crippen molar-refractivity contribution in [3.05, 3.63) is 23.8 Å². The Kier molecular flexibility index (Phi) is 8.07. The lowest BCUT2D eigenvalue weighted by atomic mass is 10.1. The third kappa shape index (κ3) is 5.80. The molecule has 0 spiro atoms. The van der Waals surface area contributed by atoms with Crippen molar-refractivity contribution in [2.45, 2.75) is 52.2 Å². The van der Waals surface area contributed by atoms with Crippen LogP contribution in [0.1, 0.15) is 45.1 Å². The van der Waals surface area contributed by atoms with Gasteiger partial charge in [-0.15, -0.1) is 0 Å². The summed E-state index contributed by atoms with van der Waals surface area (Å²) in [6.45, 7) is 5.54. The average molecular weight is 282 g/mol. The van der Waals surface area contributed by atoms with Crippen LogP contribution in [0.4, 0.5) is 0 Å². The molecule has 0 heterocycles. The quantitative estimate of drug-likeness (QED) is 0.508. The second kappa shape index (κ2) is 9.61. The van der Waals surface area contributed by atoms with Crippen LogP contribution in [0, 0.1) is 0 Å². The Balaban J connectivity index is 2.40. The average Bonchev–Trinajstić information content (AvgIpc) is 2.45. The molecular formula is C16H26O4. The molecule has 0 aliphatic carbocycles. The van der Waals surface area contributed by atoms with Gasteiger partial charge >= 0.3 is 0 Å². The number of hydrogen-bond acceptors (Lipinski definition) is 4. The first-order chi connectivity index (χ1) is 9.69. The molecule has 4 nitrogen and oxygen atoms in total. The maximum Gasteiger partial charge on any atom is 0.160 e. The standard InChI is InChI=1S/C16H26O4/c1-3-11-19-15(20-12-4-2)10-6-8-13-7-5-9-14(17)16(13)18/h5,7,9,15,17-18H,3-4,6,8,10-12H2,1-2H3. The number of aryl methyl sites for hydroxylation is 1. The van der Waals surface area contributed by atoms with Crippen molar-refractivity contribution in [1.82, 2.24) is 0 Å². The molecule has 4 heteroatoms. The molecular weight excluding hydrogens is 256 g/mol. The van der Waals surface area contributed by atoms with Crippen molar-refractivity contribution in [1.29, 1.82) is 0 Å². The van der Waals surface area contributed by atoms with Crippen LogP contribution < -0.4 is 0 Å². The molecule has 1 rings (SSSR count). The van der Waals surface area contributed by atoms with E-state index in [1.54, 1.807) is 6.07 Å². The van der Waals surface area contributed by atoms with Gasteiger partial charge in [-0.3, -0.25) is 0 Å². The summed E-state index contributed by atoms with van der Waals surface area (Å²) in [5.41, 5.74) is 0.759. The molecule has 1 aromatic carbocycles. The molecule has 0 aliphatic heterocycles. The van der Waals surface area contributed by atoms with Crippen molar-refractivity contribution in [3.8, 4) is 11.5 Å². The summed E-state index contributed by atoms with van der Waals surface area (Å²) < 4.78 is 11.3. The minimum atomic E-state index is -0.172. The number of benzene rings is 1. The molecule has 0 amide bonds. The van der Waals surface area contributed by atoms with E-state index in [4.69, 9.17) is 9.47 Å². The van der Waals surface area contributed by atoms with Crippen LogP contribution in [0.3, 0.4) is 0 Å². The highest BCUT2D eigenvalue weighted by Crippen LogP contribution is 2.29. The highest BCUT2D eigenvalue weighted by molar-refractivity contribution is 5.44. The minimum absolute atomic E-state index is 0.0204. The molecule has 0 bridgehead atoms. The maximum absolute atomic E-state index is 9.73. The van der Waals surface area contributed by atoms with Gasteiger partial charge in [0.2, 0.25) is 0 Å². The Labute approximate surface area is 121 Å². The molecule has 0 saturated carbocycles. The second-order valence-electron chi connectivity index (χ2n) is 4.85. The zero-order chi connectivity index (χ0) is 14.8. The van der Waals surface area contributed by atoms with Crippen molar-refractivity contribution in [2.75, 3.05) is 13.2 Å². The van der Waals surface area contributed by atoms with E-state index in [9.17, 15) is 10.2 Å². The third-order valence-electron chi connectivity index (χ3n) is 3.00. The predicted octanol–water partition coefficient (Wildman–Crippen LogP) is 3.60. The van der Waals surface area contributed by atoms with Crippen molar-refractivity contribution in [2.24, 2.45) is 0 Å². The fraction of sp³-hybridized carbons (Fsp3) is 0.625. The molecule has 20 heavy (non-hydrogen) atoms. The molecule has 0 aromatic heterocycles. The van der Waals surface area contributed by atoms with Crippen LogP contribution in [0.2, 0.25) is 0 Å². The molecule has 2 N–H and O–H groups in total. The van der Waals surface area contributed by atoms with Crippen LogP contribution in [0.25, 0.3) is 0 Å². The van der Waals surface area contributed by atoms with Crippen molar-refractivity contribution < 1.29 is 19.7 Å². The summed E-state index contributed by atoms with van der Waals surface area (Å²) >= 11 is 0. The SMILES string of the molecule is CCCOC(CCCc1cccc(O)c1O)OCCC. The zero-order valence-electron chi connectivity index (χ0n) is 12.5. The van der Waals surface area contributed by atoms with Gasteiger partial charge in [0.15, 0.2) is 17.8 Å². The van der Waals surface area contributed by atoms with E-state index in [0.29, 0.717) is 19.6 Å². The monoisotopic (exact) mass is 282 g/mol. The lowest BCUT2D eigenvalue weighted by Gasteiger charge is -2.18. The van der Waals surface area contributed by atoms with E-state index in [1.165, 1.54) is 6.07 Å². The molecule has 1 aromatic rings. The fourth-order valence-corrected chi connectivity index (χ4v) is 1.95. The lowest BCUT2D eigenvalue weighted by molar-refractivity contribution is -0.146. The first-order valence-electron chi connectivity index (χ1n) is 7.42. The Bertz CT molecular complexity index is 371. The second-order valence-corrected chi connectivity index (χ2v) is 4.85. The summed E-state index contributed by atoms with van der Waals surface area (Å²) in [6, 6.07) is 5.04. The number of rotatable bonds is 10. The number of hydrogen-bond donors (Lipinski definition) is 2. The van der Waals surface area contributed by atoms with Gasteiger partial charge in [0.25, 0.3) is 0 Å². The van der Waals surface area contributed by atoms with Crippen LogP contribution in [0.5, 0.6) is 11.5 Å². The van der Waals surface area contributed by atoms with Gasteiger partial charge in [0.1, 0.15) is 0 Å². The van der Waals surface area contributed by atoms with Crippen LogP contribution in [0.15, 0.2) is 18.2 Å². The van der Waals surface area contributed by atoms with Gasteiger partial charge in [-0.25, -0.2) is 0 Å². The van der Waals surface area contributed by atoms with Gasteiger partial charge in [0, 0.05) is 13.2 Å². The van der Waals surface area contributed by atoms with Crippen molar-refractivity contribution in [3.63, 3.8) is 0 Å². The van der Waals surface area contributed by atoms with E-state index in [0.717, 1.165) is 31.2 Å². The lowest BCUT2D eigenvalue weighted by Crippen LogP contribution is -2.18. The van der Waals surface area contributed by atoms with Gasteiger partial charge < -0.3 is 19.7 Å². The molecule has 114 valence electrons. The summed E-state index contributed by atoms with van der Waals surface area (Å²) in [6.07, 6.45) is 4.10. The minimum Gasteiger partial charge on any atom is -0.504 e. The van der Waals surface area contributed by atoms with Gasteiger partial charge in [-0.05, 0) is 43.7 Å². The van der Waals surface area contributed by atoms with Crippen LogP contribution in [-0.4, -0.2) is 29.7 Å². The summed E-state index contributed by atoms with van der Waals surface area (Å²) in [5.74, 6) is -0.0866. The van der Waals surface area contributed by atoms with E-state index in [2.05, 4.69) is 13.8 Å². The highest BCUT2D eigenvalue weighted by atomic mass is 16.7. The maximum atomic E-state index is 9.73. The number of para-hydroxylation sites is 1. The van der Waals surface area contributed by atoms with E-state index in [-0.39, 0.29) is 17.8 Å². The number of aromatic hydroxyl groups is 2. The van der Waals surface area contributed by atoms with Gasteiger partial charge in [-0.2, -0.15) is 0 Å². The highest BCUT2D eigenvalue weighted by Gasteiger charge is 2.10. The first kappa shape index (κ1) is 16.8. The van der Waals surface area contributed by atoms with Crippen molar-refractivity contribution >= 4 is 0 Å². The van der Waals surface area contributed by atoms with Crippen LogP contribution in [-0.2, 0) is 15.9 Å². The van der Waals surface area contributed by atoms with E-state index < -0.39 is 0 Å². The Hall–Kier alpha value is -1.26. The largest absolute Gasteiger partial charge is 0.504 e. The van der Waals surface area contributed by atoms with Crippen LogP contribution >= 0.6 is 0 Å². The molecule has 0 fully saturated rings. The zero-order valence-corrected chi connectivity index (χ0v) is 12.5. The summed E-state index contributed by atoms with van der Waals surface area (Å²) in [4.78, 5) is 0. The Morgan fingerprint density at radius 3 is 2.30 bits per heavy atom. The van der Waals surface area contributed by atoms with Gasteiger partial charge in [-0.1, -0.05) is 26.0 Å². The molecule has 0 saturated heterocycles. The molecule has 0 radical (unpaired) electrons. The predicted molar refractivity (Wildman–Crippen MR) is 79.0 cm³/mol. The normalized spacial score (nSPS) is 11.2. The first-order valence-corrected chi connectivity index (χ1v) is 7.42.